The van der Waals surface area contributed by atoms with Crippen LogP contribution in [0, 0.1) is 13.8 Å². The first kappa shape index (κ1) is 22.9. The van der Waals surface area contributed by atoms with Crippen LogP contribution in [0.2, 0.25) is 0 Å². The third-order valence-corrected chi connectivity index (χ3v) is 5.85. The molecule has 0 spiro atoms. The summed E-state index contributed by atoms with van der Waals surface area (Å²) in [5.41, 5.74) is 10.5. The van der Waals surface area contributed by atoms with Crippen molar-refractivity contribution in [1.29, 1.82) is 0 Å². The van der Waals surface area contributed by atoms with Gasteiger partial charge in [0.05, 0.1) is 17.7 Å². The fourth-order valence-corrected chi connectivity index (χ4v) is 4.03. The second-order valence-corrected chi connectivity index (χ2v) is 8.39. The van der Waals surface area contributed by atoms with E-state index in [1.165, 1.54) is 0 Å². The van der Waals surface area contributed by atoms with E-state index < -0.39 is 0 Å². The number of carbonyl (C=O) groups excluding carboxylic acids is 1. The number of nitrogens with one attached hydrogen (secondary N) is 4. The van der Waals surface area contributed by atoms with Gasteiger partial charge in [0.2, 0.25) is 0 Å². The van der Waals surface area contributed by atoms with Gasteiger partial charge in [-0.2, -0.15) is 0 Å². The van der Waals surface area contributed by atoms with Crippen LogP contribution in [0.1, 0.15) is 33.0 Å². The van der Waals surface area contributed by atoms with Gasteiger partial charge in [0.15, 0.2) is 0 Å². The molecule has 0 saturated carbocycles. The zero-order chi connectivity index (χ0) is 24.1. The van der Waals surface area contributed by atoms with E-state index in [2.05, 4.69) is 35.0 Å². The van der Waals surface area contributed by atoms with Crippen LogP contribution in [0.5, 0.6) is 0 Å². The number of nitrogens with zero attached hydrogens (tertiary/aromatic N) is 3. The second-order valence-electron chi connectivity index (χ2n) is 7.57. The maximum absolute atomic E-state index is 12.6. The molecule has 1 amide bonds. The third kappa shape index (κ3) is 5.38. The van der Waals surface area contributed by atoms with Gasteiger partial charge in [-0.05, 0) is 61.8 Å². The van der Waals surface area contributed by atoms with Crippen LogP contribution in [0.3, 0.4) is 0 Å². The molecule has 3 heterocycles. The van der Waals surface area contributed by atoms with Gasteiger partial charge < -0.3 is 21.4 Å². The number of aromatic nitrogens is 4. The average Bonchev–Trinajstić information content (AvgIpc) is 3.46. The molecule has 10 nitrogen and oxygen atoms in total. The molecule has 0 fully saturated rings. The molecule has 0 saturated heterocycles. The number of aromatic amines is 2. The van der Waals surface area contributed by atoms with Gasteiger partial charge in [0, 0.05) is 41.8 Å². The minimum Gasteiger partial charge on any atom is -0.383 e. The molecule has 174 valence electrons. The highest BCUT2D eigenvalue weighted by Crippen LogP contribution is 2.23. The summed E-state index contributed by atoms with van der Waals surface area (Å²) < 4.78 is 2.69. The smallest absolute Gasteiger partial charge is 0.271 e. The minimum atomic E-state index is -0.312. The lowest BCUT2D eigenvalue weighted by Gasteiger charge is -2.10. The molecule has 0 aliphatic heterocycles. The van der Waals surface area contributed by atoms with Crippen LogP contribution in [-0.4, -0.2) is 37.6 Å². The van der Waals surface area contributed by atoms with Gasteiger partial charge in [0.25, 0.3) is 11.5 Å². The lowest BCUT2D eigenvalue weighted by Crippen LogP contribution is -2.22. The van der Waals surface area contributed by atoms with Crippen molar-refractivity contribution < 1.29 is 4.79 Å². The molecule has 11 heteroatoms. The van der Waals surface area contributed by atoms with E-state index in [-0.39, 0.29) is 17.3 Å². The summed E-state index contributed by atoms with van der Waals surface area (Å²) in [5.74, 6) is -0.0801. The van der Waals surface area contributed by atoms with Crippen molar-refractivity contribution in [2.45, 2.75) is 20.3 Å². The number of H-pyrrole nitrogens is 2. The number of aryl methyl sites for hydroxylation is 2. The Balaban J connectivity index is 1.43. The Morgan fingerprint density at radius 2 is 1.97 bits per heavy atom. The van der Waals surface area contributed by atoms with Gasteiger partial charge in [0.1, 0.15) is 16.4 Å². The summed E-state index contributed by atoms with van der Waals surface area (Å²) >= 11 is 1.13. The Labute approximate surface area is 199 Å². The summed E-state index contributed by atoms with van der Waals surface area (Å²) in [5, 5.41) is 6.60. The molecule has 0 atom stereocenters. The fraction of sp³-hybridized carbons (Fsp3) is 0.174. The number of benzene rings is 1. The van der Waals surface area contributed by atoms with Gasteiger partial charge >= 0.3 is 0 Å². The Morgan fingerprint density at radius 1 is 1.18 bits per heavy atom. The highest BCUT2D eigenvalue weighted by molar-refractivity contribution is 7.10. The number of hydrogen-bond acceptors (Lipinski definition) is 7. The Bertz CT molecular complexity index is 1370. The maximum Gasteiger partial charge on any atom is 0.271 e. The van der Waals surface area contributed by atoms with Crippen LogP contribution in [-0.2, 0) is 6.42 Å². The van der Waals surface area contributed by atoms with Crippen LogP contribution in [0.4, 0.5) is 16.4 Å². The molecule has 0 aliphatic carbocycles. The van der Waals surface area contributed by atoms with Gasteiger partial charge in [-0.25, -0.2) is 4.98 Å². The van der Waals surface area contributed by atoms with E-state index in [1.54, 1.807) is 36.8 Å². The summed E-state index contributed by atoms with van der Waals surface area (Å²) in [7, 11) is 0. The molecule has 1 aromatic carbocycles. The normalized spacial score (nSPS) is 11.4. The van der Waals surface area contributed by atoms with Crippen LogP contribution >= 0.6 is 11.5 Å². The van der Waals surface area contributed by atoms with Crippen molar-refractivity contribution >= 4 is 39.7 Å². The zero-order valence-electron chi connectivity index (χ0n) is 18.7. The van der Waals surface area contributed by atoms with Gasteiger partial charge in [-0.3, -0.25) is 23.9 Å². The van der Waals surface area contributed by atoms with E-state index >= 15 is 0 Å². The molecule has 4 aromatic rings. The lowest BCUT2D eigenvalue weighted by molar-refractivity contribution is 0.102. The third-order valence-electron chi connectivity index (χ3n) is 5.05. The van der Waals surface area contributed by atoms with Crippen LogP contribution in [0.15, 0.2) is 58.7 Å². The number of nitrogens with two attached hydrogens (primary N) is 1. The molecule has 0 aliphatic rings. The second kappa shape index (κ2) is 10.1. The van der Waals surface area contributed by atoms with Crippen molar-refractivity contribution in [3.63, 3.8) is 0 Å². The standard InChI is InChI=1S/C23H24N8O2S/c1-13-3-8-18(14(2)28-13)30-21(32)15-4-6-16(7-5-15)29-23-19(22(33)31-34-23)20(24)26-10-9-17-11-25-12-27-17/h3-8,11-12,29H,9-10H2,1-2H3,(H2,24,26)(H,25,27)(H,30,32)(H,31,33). The average molecular weight is 477 g/mol. The predicted octanol–water partition coefficient (Wildman–Crippen LogP) is 3.12. The molecule has 3 aromatic heterocycles. The Kier molecular flexibility index (Phi) is 6.83. The van der Waals surface area contributed by atoms with Crippen LogP contribution < -0.4 is 21.9 Å². The lowest BCUT2D eigenvalue weighted by atomic mass is 10.1. The number of amides is 1. The molecule has 0 radical (unpaired) electrons. The molecule has 4 rings (SSSR count). The SMILES string of the molecule is Cc1ccc(NC(=O)c2ccc(Nc3s[nH]c(=O)c3C(N)=NCCc3cnc[nH]3)cc2)c(C)n1. The number of pyridine rings is 1. The summed E-state index contributed by atoms with van der Waals surface area (Å²) in [6.07, 6.45) is 3.95. The Morgan fingerprint density at radius 3 is 2.68 bits per heavy atom. The van der Waals surface area contributed by atoms with E-state index in [0.29, 0.717) is 40.5 Å². The number of aliphatic imine (C=N–C) groups is 1. The summed E-state index contributed by atoms with van der Waals surface area (Å²) in [6.45, 7) is 4.17. The van der Waals surface area contributed by atoms with Crippen molar-refractivity contribution in [3.05, 3.63) is 87.5 Å². The van der Waals surface area contributed by atoms with E-state index in [9.17, 15) is 9.59 Å². The number of imidazole rings is 1. The van der Waals surface area contributed by atoms with E-state index in [1.807, 2.05) is 26.0 Å². The number of anilines is 3. The number of rotatable bonds is 8. The topological polar surface area (TPSA) is 154 Å². The van der Waals surface area contributed by atoms with Gasteiger partial charge in [-0.1, -0.05) is 0 Å². The van der Waals surface area contributed by atoms with Gasteiger partial charge in [-0.15, -0.1) is 0 Å². The van der Waals surface area contributed by atoms with E-state index in [4.69, 9.17) is 5.73 Å². The van der Waals surface area contributed by atoms with Crippen LogP contribution in [0.25, 0.3) is 0 Å². The Hall–Kier alpha value is -4.25. The maximum atomic E-state index is 12.6. The first-order valence-corrected chi connectivity index (χ1v) is 11.3. The first-order chi connectivity index (χ1) is 16.4. The fourth-order valence-electron chi connectivity index (χ4n) is 3.27. The highest BCUT2D eigenvalue weighted by atomic mass is 32.1. The molecule has 0 unspecified atom stereocenters. The van der Waals surface area contributed by atoms with E-state index in [0.717, 1.165) is 28.6 Å². The zero-order valence-corrected chi connectivity index (χ0v) is 19.5. The van der Waals surface area contributed by atoms with Crippen molar-refractivity contribution in [3.8, 4) is 0 Å². The largest absolute Gasteiger partial charge is 0.383 e. The molecule has 6 N–H and O–H groups in total. The minimum absolute atomic E-state index is 0.155. The molecular weight excluding hydrogens is 452 g/mol. The summed E-state index contributed by atoms with van der Waals surface area (Å²) in [4.78, 5) is 40.6. The molecule has 34 heavy (non-hydrogen) atoms. The van der Waals surface area contributed by atoms with Crippen molar-refractivity contribution in [2.75, 3.05) is 17.2 Å². The first-order valence-electron chi connectivity index (χ1n) is 10.5. The predicted molar refractivity (Wildman–Crippen MR) is 134 cm³/mol. The number of carbonyl (C=O) groups is 1. The van der Waals surface area contributed by atoms with Crippen molar-refractivity contribution in [1.82, 2.24) is 19.3 Å². The molecular formula is C23H24N8O2S. The quantitative estimate of drug-likeness (QED) is 0.194. The highest BCUT2D eigenvalue weighted by Gasteiger charge is 2.15. The number of amidine groups is 1. The van der Waals surface area contributed by atoms with Crippen molar-refractivity contribution in [2.24, 2.45) is 10.7 Å². The number of hydrogen-bond donors (Lipinski definition) is 5. The molecule has 0 bridgehead atoms. The monoisotopic (exact) mass is 476 g/mol. The summed E-state index contributed by atoms with van der Waals surface area (Å²) in [6, 6.07) is 10.6.